The van der Waals surface area contributed by atoms with Gasteiger partial charge in [-0.3, -0.25) is 24.1 Å². The second-order valence-electron chi connectivity index (χ2n) is 10.1. The van der Waals surface area contributed by atoms with E-state index in [4.69, 9.17) is 0 Å². The zero-order valence-corrected chi connectivity index (χ0v) is 23.2. The van der Waals surface area contributed by atoms with Gasteiger partial charge in [0.1, 0.15) is 0 Å². The number of hydrogen-bond donors (Lipinski definition) is 0. The molecule has 0 unspecified atom stereocenters. The molecule has 0 aromatic heterocycles. The monoisotopic (exact) mass is 522 g/mol. The van der Waals surface area contributed by atoms with Crippen molar-refractivity contribution in [3.63, 3.8) is 0 Å². The Morgan fingerprint density at radius 1 is 0.474 bits per heavy atom. The van der Waals surface area contributed by atoms with E-state index in [0.29, 0.717) is 12.2 Å². The minimum Gasteiger partial charge on any atom is -0.275 e. The van der Waals surface area contributed by atoms with Crippen LogP contribution in [0.15, 0.2) is 54.6 Å². The maximum absolute atomic E-state index is 11.4. The van der Waals surface area contributed by atoms with Gasteiger partial charge in [0, 0.05) is 30.8 Å². The first-order valence-corrected chi connectivity index (χ1v) is 14.7. The lowest BCUT2D eigenvalue weighted by Gasteiger charge is -2.12. The van der Waals surface area contributed by atoms with Gasteiger partial charge in [0.25, 0.3) is 23.6 Å². The van der Waals surface area contributed by atoms with E-state index < -0.39 is 0 Å². The lowest BCUT2D eigenvalue weighted by molar-refractivity contribution is -0.136. The van der Waals surface area contributed by atoms with E-state index in [-0.39, 0.29) is 23.6 Å². The summed E-state index contributed by atoms with van der Waals surface area (Å²) in [5.41, 5.74) is 0.613. The van der Waals surface area contributed by atoms with E-state index in [1.807, 2.05) is 6.07 Å². The Morgan fingerprint density at radius 2 is 0.842 bits per heavy atom. The Kier molecular flexibility index (Phi) is 15.7. The minimum absolute atomic E-state index is 0.147. The number of carbonyl (C=O) groups excluding carboxylic acids is 4. The Bertz CT molecular complexity index is 887. The van der Waals surface area contributed by atoms with Crippen LogP contribution in [0.4, 0.5) is 5.69 Å². The molecular formula is C32H46N2O4. The number of unbranched alkanes of at least 4 members (excludes halogenated alkanes) is 15. The van der Waals surface area contributed by atoms with Gasteiger partial charge in [0.05, 0.1) is 5.69 Å². The number of benzene rings is 1. The topological polar surface area (TPSA) is 74.8 Å². The highest BCUT2D eigenvalue weighted by Crippen LogP contribution is 2.17. The number of imide groups is 2. The van der Waals surface area contributed by atoms with Crippen molar-refractivity contribution in [2.45, 2.75) is 110 Å². The van der Waals surface area contributed by atoms with Gasteiger partial charge in [-0.25, -0.2) is 4.90 Å². The predicted octanol–water partition coefficient (Wildman–Crippen LogP) is 7.29. The summed E-state index contributed by atoms with van der Waals surface area (Å²) in [6.07, 6.45) is 26.7. The normalized spacial score (nSPS) is 14.6. The maximum Gasteiger partial charge on any atom is 0.258 e. The second kappa shape index (κ2) is 19.1. The molecular weight excluding hydrogens is 476 g/mol. The molecule has 1 aromatic rings. The highest BCUT2D eigenvalue weighted by atomic mass is 16.2. The van der Waals surface area contributed by atoms with E-state index >= 15 is 0 Å². The van der Waals surface area contributed by atoms with Crippen molar-refractivity contribution in [2.24, 2.45) is 0 Å². The van der Waals surface area contributed by atoms with Gasteiger partial charge in [0.15, 0.2) is 0 Å². The molecule has 0 saturated heterocycles. The summed E-state index contributed by atoms with van der Waals surface area (Å²) in [6, 6.07) is 8.86. The van der Waals surface area contributed by atoms with Crippen molar-refractivity contribution < 1.29 is 19.2 Å². The predicted molar refractivity (Wildman–Crippen MR) is 153 cm³/mol. The van der Waals surface area contributed by atoms with Crippen molar-refractivity contribution in [1.29, 1.82) is 0 Å². The number of amides is 4. The molecule has 4 amide bonds. The summed E-state index contributed by atoms with van der Waals surface area (Å²) in [4.78, 5) is 47.7. The van der Waals surface area contributed by atoms with Crippen LogP contribution in [0, 0.1) is 0 Å². The average Bonchev–Trinajstić information content (AvgIpc) is 3.43. The van der Waals surface area contributed by atoms with E-state index in [0.717, 1.165) is 17.7 Å². The molecule has 38 heavy (non-hydrogen) atoms. The molecule has 6 heteroatoms. The molecule has 0 bridgehead atoms. The van der Waals surface area contributed by atoms with Crippen LogP contribution < -0.4 is 4.90 Å². The molecule has 0 spiro atoms. The minimum atomic E-state index is -0.281. The fourth-order valence-electron chi connectivity index (χ4n) is 4.70. The van der Waals surface area contributed by atoms with E-state index in [1.165, 1.54) is 119 Å². The largest absolute Gasteiger partial charge is 0.275 e. The fraction of sp³-hybridized carbons (Fsp3) is 0.562. The molecule has 2 heterocycles. The number of nitrogens with zero attached hydrogens (tertiary/aromatic N) is 2. The second-order valence-corrected chi connectivity index (χ2v) is 10.1. The third-order valence-corrected chi connectivity index (χ3v) is 6.96. The summed E-state index contributed by atoms with van der Waals surface area (Å²) in [7, 11) is 0. The molecule has 0 radical (unpaired) electrons. The fourth-order valence-corrected chi connectivity index (χ4v) is 4.70. The molecule has 0 saturated carbocycles. The Morgan fingerprint density at radius 3 is 1.26 bits per heavy atom. The lowest BCUT2D eigenvalue weighted by Crippen LogP contribution is -2.30. The first-order valence-electron chi connectivity index (χ1n) is 14.7. The smallest absolute Gasteiger partial charge is 0.258 e. The molecule has 208 valence electrons. The summed E-state index contributed by atoms with van der Waals surface area (Å²) in [6.45, 7) is 2.86. The van der Waals surface area contributed by atoms with Crippen LogP contribution in [-0.2, 0) is 19.2 Å². The first-order chi connectivity index (χ1) is 18.5. The van der Waals surface area contributed by atoms with Crippen LogP contribution in [0.25, 0.3) is 0 Å². The number of para-hydroxylation sites is 1. The zero-order valence-electron chi connectivity index (χ0n) is 23.2. The summed E-state index contributed by atoms with van der Waals surface area (Å²) < 4.78 is 0. The maximum atomic E-state index is 11.4. The van der Waals surface area contributed by atoms with Crippen LogP contribution in [0.2, 0.25) is 0 Å². The van der Waals surface area contributed by atoms with E-state index in [1.54, 1.807) is 24.3 Å². The summed E-state index contributed by atoms with van der Waals surface area (Å²) in [5, 5.41) is 0. The average molecular weight is 523 g/mol. The van der Waals surface area contributed by atoms with Crippen molar-refractivity contribution in [1.82, 2.24) is 4.90 Å². The van der Waals surface area contributed by atoms with Crippen molar-refractivity contribution >= 4 is 29.3 Å². The number of anilines is 1. The Labute approximate surface area is 229 Å². The summed E-state index contributed by atoms with van der Waals surface area (Å²) in [5.74, 6) is -0.857. The molecule has 0 aliphatic carbocycles. The molecule has 3 rings (SSSR count). The van der Waals surface area contributed by atoms with Gasteiger partial charge in [-0.05, 0) is 18.6 Å². The van der Waals surface area contributed by atoms with Gasteiger partial charge >= 0.3 is 0 Å². The van der Waals surface area contributed by atoms with Gasteiger partial charge in [-0.1, -0.05) is 121 Å². The van der Waals surface area contributed by atoms with E-state index in [2.05, 4.69) is 6.92 Å². The van der Waals surface area contributed by atoms with Crippen LogP contribution in [-0.4, -0.2) is 35.1 Å². The van der Waals surface area contributed by atoms with Crippen molar-refractivity contribution in [3.05, 3.63) is 54.6 Å². The van der Waals surface area contributed by atoms with Gasteiger partial charge in [-0.2, -0.15) is 0 Å². The third kappa shape index (κ3) is 12.0. The highest BCUT2D eigenvalue weighted by Gasteiger charge is 2.24. The standard InChI is InChI=1S/C22H39NO2.C10H7NO2/c1-2-3-4-5-6-7-8-9-10-11-12-13-14-15-16-17-20-23-21(24)18-19-22(23)25;12-9-6-7-10(13)11(9)8-4-2-1-3-5-8/h18-19H,2-17,20H2,1H3;1-7H. The van der Waals surface area contributed by atoms with Gasteiger partial charge in [-0.15, -0.1) is 0 Å². The quantitative estimate of drug-likeness (QED) is 0.150. The van der Waals surface area contributed by atoms with Crippen molar-refractivity contribution in [3.8, 4) is 0 Å². The molecule has 0 N–H and O–H groups in total. The highest BCUT2D eigenvalue weighted by molar-refractivity contribution is 6.28. The molecule has 2 aliphatic heterocycles. The summed E-state index contributed by atoms with van der Waals surface area (Å²) >= 11 is 0. The Hall–Kier alpha value is -3.02. The van der Waals surface area contributed by atoms with Crippen LogP contribution in [0.5, 0.6) is 0 Å². The first kappa shape index (κ1) is 31.2. The Balaban J connectivity index is 0.000000323. The van der Waals surface area contributed by atoms with E-state index in [9.17, 15) is 19.2 Å². The lowest BCUT2D eigenvalue weighted by atomic mass is 10.0. The van der Waals surface area contributed by atoms with Gasteiger partial charge < -0.3 is 0 Å². The molecule has 2 aliphatic rings. The SMILES string of the molecule is CCCCCCCCCCCCCCCCCCN1C(=O)C=CC1=O.O=C1C=CC(=O)N1c1ccccc1. The molecule has 1 aromatic carbocycles. The van der Waals surface area contributed by atoms with Crippen LogP contribution in [0.1, 0.15) is 110 Å². The molecule has 0 fully saturated rings. The molecule has 6 nitrogen and oxygen atoms in total. The number of hydrogen-bond acceptors (Lipinski definition) is 4. The van der Waals surface area contributed by atoms with Crippen molar-refractivity contribution in [2.75, 3.05) is 11.4 Å². The number of rotatable bonds is 18. The number of carbonyl (C=O) groups is 4. The van der Waals surface area contributed by atoms with Gasteiger partial charge in [0.2, 0.25) is 0 Å². The van der Waals surface area contributed by atoms with Crippen LogP contribution >= 0.6 is 0 Å². The third-order valence-electron chi connectivity index (χ3n) is 6.96. The van der Waals surface area contributed by atoms with Crippen LogP contribution in [0.3, 0.4) is 0 Å². The molecule has 0 atom stereocenters. The zero-order chi connectivity index (χ0) is 27.4.